The molecule has 2 fully saturated rings. The number of hydrogen-bond donors (Lipinski definition) is 1. The Morgan fingerprint density at radius 1 is 1.41 bits per heavy atom. The molecule has 0 radical (unpaired) electrons. The van der Waals surface area contributed by atoms with Gasteiger partial charge in [0.1, 0.15) is 5.76 Å². The first-order valence-electron chi connectivity index (χ1n) is 8.64. The summed E-state index contributed by atoms with van der Waals surface area (Å²) in [6.45, 7) is 4.75. The molecule has 1 aromatic rings. The third-order valence-corrected chi connectivity index (χ3v) is 5.57. The molecular formula is C18H27NO3. The highest BCUT2D eigenvalue weighted by molar-refractivity contribution is 5.95. The molecule has 122 valence electrons. The van der Waals surface area contributed by atoms with E-state index in [0.29, 0.717) is 5.56 Å². The van der Waals surface area contributed by atoms with E-state index in [-0.39, 0.29) is 17.9 Å². The zero-order chi connectivity index (χ0) is 15.7. The van der Waals surface area contributed by atoms with Crippen LogP contribution in [0.4, 0.5) is 0 Å². The van der Waals surface area contributed by atoms with Gasteiger partial charge in [0.15, 0.2) is 0 Å². The van der Waals surface area contributed by atoms with Gasteiger partial charge in [0.05, 0.1) is 17.4 Å². The van der Waals surface area contributed by atoms with E-state index in [1.165, 1.54) is 0 Å². The number of hydrogen-bond acceptors (Lipinski definition) is 3. The molecule has 1 N–H and O–H groups in total. The SMILES string of the molecule is CCc1occc1C(=O)N1CCC[C@@H]1[C@@H]1CCCC[C@]1(C)O. The van der Waals surface area contributed by atoms with Gasteiger partial charge in [-0.15, -0.1) is 0 Å². The molecule has 22 heavy (non-hydrogen) atoms. The van der Waals surface area contributed by atoms with E-state index < -0.39 is 5.60 Å². The van der Waals surface area contributed by atoms with Crippen molar-refractivity contribution in [2.45, 2.75) is 70.4 Å². The van der Waals surface area contributed by atoms with Gasteiger partial charge in [0, 0.05) is 24.9 Å². The van der Waals surface area contributed by atoms with Crippen molar-refractivity contribution >= 4 is 5.91 Å². The van der Waals surface area contributed by atoms with Crippen molar-refractivity contribution in [3.05, 3.63) is 23.7 Å². The molecule has 1 aliphatic heterocycles. The van der Waals surface area contributed by atoms with Gasteiger partial charge in [-0.05, 0) is 38.7 Å². The Hall–Kier alpha value is -1.29. The molecule has 1 saturated heterocycles. The molecule has 0 bridgehead atoms. The van der Waals surface area contributed by atoms with Gasteiger partial charge in [-0.2, -0.15) is 0 Å². The molecule has 2 aliphatic rings. The van der Waals surface area contributed by atoms with E-state index >= 15 is 0 Å². The van der Waals surface area contributed by atoms with Gasteiger partial charge in [-0.25, -0.2) is 0 Å². The summed E-state index contributed by atoms with van der Waals surface area (Å²) in [5, 5.41) is 10.8. The van der Waals surface area contributed by atoms with Crippen LogP contribution in [0.2, 0.25) is 0 Å². The number of furan rings is 1. The van der Waals surface area contributed by atoms with E-state index in [0.717, 1.165) is 57.3 Å². The average molecular weight is 305 g/mol. The van der Waals surface area contributed by atoms with Crippen LogP contribution in [-0.2, 0) is 6.42 Å². The molecule has 1 saturated carbocycles. The Labute approximate surface area is 132 Å². The lowest BCUT2D eigenvalue weighted by molar-refractivity contribution is -0.0577. The highest BCUT2D eigenvalue weighted by Crippen LogP contribution is 2.41. The maximum atomic E-state index is 12.9. The lowest BCUT2D eigenvalue weighted by Crippen LogP contribution is -2.50. The second kappa shape index (κ2) is 6.07. The minimum Gasteiger partial charge on any atom is -0.469 e. The first-order valence-corrected chi connectivity index (χ1v) is 8.64. The number of carbonyl (C=O) groups is 1. The van der Waals surface area contributed by atoms with Crippen molar-refractivity contribution in [3.8, 4) is 0 Å². The molecule has 4 heteroatoms. The summed E-state index contributed by atoms with van der Waals surface area (Å²) in [5.41, 5.74) is 0.0559. The molecule has 0 unspecified atom stereocenters. The Bertz CT molecular complexity index is 534. The zero-order valence-corrected chi connectivity index (χ0v) is 13.7. The average Bonchev–Trinajstić information content (AvgIpc) is 3.14. The Morgan fingerprint density at radius 2 is 2.23 bits per heavy atom. The number of nitrogens with zero attached hydrogens (tertiary/aromatic N) is 1. The lowest BCUT2D eigenvalue weighted by Gasteiger charge is -2.43. The summed E-state index contributed by atoms with van der Waals surface area (Å²) < 4.78 is 5.42. The quantitative estimate of drug-likeness (QED) is 0.931. The molecule has 0 spiro atoms. The van der Waals surface area contributed by atoms with Crippen molar-refractivity contribution in [1.29, 1.82) is 0 Å². The highest BCUT2D eigenvalue weighted by atomic mass is 16.3. The highest BCUT2D eigenvalue weighted by Gasteiger charge is 2.45. The van der Waals surface area contributed by atoms with E-state index in [2.05, 4.69) is 0 Å². The van der Waals surface area contributed by atoms with Crippen LogP contribution in [-0.4, -0.2) is 34.1 Å². The van der Waals surface area contributed by atoms with Crippen molar-refractivity contribution < 1.29 is 14.3 Å². The second-order valence-electron chi connectivity index (χ2n) is 7.03. The van der Waals surface area contributed by atoms with Crippen molar-refractivity contribution in [3.63, 3.8) is 0 Å². The number of likely N-dealkylation sites (tertiary alicyclic amines) is 1. The van der Waals surface area contributed by atoms with Gasteiger partial charge in [-0.3, -0.25) is 4.79 Å². The van der Waals surface area contributed by atoms with Gasteiger partial charge >= 0.3 is 0 Å². The predicted octanol–water partition coefficient (Wildman–Crippen LogP) is 3.39. The van der Waals surface area contributed by atoms with E-state index in [1.54, 1.807) is 12.3 Å². The summed E-state index contributed by atoms with van der Waals surface area (Å²) >= 11 is 0. The van der Waals surface area contributed by atoms with Crippen LogP contribution in [0.3, 0.4) is 0 Å². The Balaban J connectivity index is 1.82. The molecule has 1 aliphatic carbocycles. The molecule has 3 atom stereocenters. The van der Waals surface area contributed by atoms with Crippen LogP contribution >= 0.6 is 0 Å². The predicted molar refractivity (Wildman–Crippen MR) is 84.7 cm³/mol. The molecule has 3 rings (SSSR count). The summed E-state index contributed by atoms with van der Waals surface area (Å²) in [4.78, 5) is 14.9. The molecule has 1 aromatic heterocycles. The van der Waals surface area contributed by atoms with Gasteiger partial charge in [0.2, 0.25) is 0 Å². The fraction of sp³-hybridized carbons (Fsp3) is 0.722. The largest absolute Gasteiger partial charge is 0.469 e. The number of rotatable bonds is 3. The summed E-state index contributed by atoms with van der Waals surface area (Å²) in [7, 11) is 0. The van der Waals surface area contributed by atoms with Gasteiger partial charge in [-0.1, -0.05) is 19.8 Å². The van der Waals surface area contributed by atoms with Gasteiger partial charge < -0.3 is 14.4 Å². The van der Waals surface area contributed by atoms with Gasteiger partial charge in [0.25, 0.3) is 5.91 Å². The fourth-order valence-corrected chi connectivity index (χ4v) is 4.37. The van der Waals surface area contributed by atoms with Crippen LogP contribution in [0, 0.1) is 5.92 Å². The van der Waals surface area contributed by atoms with E-state index in [4.69, 9.17) is 4.42 Å². The smallest absolute Gasteiger partial charge is 0.257 e. The molecule has 2 heterocycles. The van der Waals surface area contributed by atoms with Crippen LogP contribution in [0.5, 0.6) is 0 Å². The minimum atomic E-state index is -0.643. The minimum absolute atomic E-state index is 0.0782. The van der Waals surface area contributed by atoms with Crippen LogP contribution in [0.25, 0.3) is 0 Å². The summed E-state index contributed by atoms with van der Waals surface area (Å²) in [5.74, 6) is 1.05. The fourth-order valence-electron chi connectivity index (χ4n) is 4.37. The monoisotopic (exact) mass is 305 g/mol. The van der Waals surface area contributed by atoms with Crippen molar-refractivity contribution in [2.24, 2.45) is 5.92 Å². The number of amides is 1. The molecule has 1 amide bonds. The van der Waals surface area contributed by atoms with E-state index in [1.807, 2.05) is 18.7 Å². The Kier molecular flexibility index (Phi) is 4.31. The molecule has 0 aromatic carbocycles. The maximum Gasteiger partial charge on any atom is 0.257 e. The molecular weight excluding hydrogens is 278 g/mol. The third kappa shape index (κ3) is 2.69. The summed E-state index contributed by atoms with van der Waals surface area (Å²) in [6, 6.07) is 1.96. The summed E-state index contributed by atoms with van der Waals surface area (Å²) in [6.07, 6.45) is 8.49. The molecule has 4 nitrogen and oxygen atoms in total. The Morgan fingerprint density at radius 3 is 2.95 bits per heavy atom. The van der Waals surface area contributed by atoms with Crippen LogP contribution in [0.15, 0.2) is 16.7 Å². The topological polar surface area (TPSA) is 53.7 Å². The van der Waals surface area contributed by atoms with Crippen LogP contribution in [0.1, 0.15) is 68.5 Å². The zero-order valence-electron chi connectivity index (χ0n) is 13.7. The number of aliphatic hydroxyl groups is 1. The number of aryl methyl sites for hydroxylation is 1. The number of carbonyl (C=O) groups excluding carboxylic acids is 1. The first-order chi connectivity index (χ1) is 10.5. The second-order valence-corrected chi connectivity index (χ2v) is 7.03. The van der Waals surface area contributed by atoms with E-state index in [9.17, 15) is 9.90 Å². The standard InChI is InChI=1S/C18H27NO3/c1-3-16-13(9-12-22-16)17(20)19-11-6-8-15(19)14-7-4-5-10-18(14,2)21/h9,12,14-15,21H,3-8,10-11H2,1-2H3/t14-,15+,18-/m0/s1. The normalized spacial score (nSPS) is 32.4. The third-order valence-electron chi connectivity index (χ3n) is 5.57. The first kappa shape index (κ1) is 15.6. The van der Waals surface area contributed by atoms with Crippen molar-refractivity contribution in [1.82, 2.24) is 4.90 Å². The lowest BCUT2D eigenvalue weighted by atomic mass is 9.72. The van der Waals surface area contributed by atoms with Crippen molar-refractivity contribution in [2.75, 3.05) is 6.54 Å². The maximum absolute atomic E-state index is 12.9. The van der Waals surface area contributed by atoms with Crippen LogP contribution < -0.4 is 0 Å².